The second kappa shape index (κ2) is 3.67. The number of hydrogen-bond acceptors (Lipinski definition) is 2. The van der Waals surface area contributed by atoms with Crippen molar-refractivity contribution in [3.63, 3.8) is 0 Å². The summed E-state index contributed by atoms with van der Waals surface area (Å²) in [6.07, 6.45) is 5.33. The van der Waals surface area contributed by atoms with Crippen LogP contribution in [0.2, 0.25) is 0 Å². The van der Waals surface area contributed by atoms with E-state index >= 15 is 0 Å². The van der Waals surface area contributed by atoms with Gasteiger partial charge in [-0.1, -0.05) is 0 Å². The van der Waals surface area contributed by atoms with Crippen LogP contribution in [0.3, 0.4) is 0 Å². The lowest BCUT2D eigenvalue weighted by Gasteiger charge is -2.20. The Hall–Kier alpha value is -1.77. The molecule has 2 heterocycles. The first-order valence-electron chi connectivity index (χ1n) is 5.70. The fourth-order valence-corrected chi connectivity index (χ4v) is 2.52. The fourth-order valence-electron chi connectivity index (χ4n) is 2.52. The normalized spacial score (nSPS) is 15.9. The van der Waals surface area contributed by atoms with E-state index < -0.39 is 0 Å². The van der Waals surface area contributed by atoms with Gasteiger partial charge in [-0.05, 0) is 31.0 Å². The van der Waals surface area contributed by atoms with Crippen LogP contribution in [0.1, 0.15) is 23.2 Å². The Balaban J connectivity index is 2.23. The van der Waals surface area contributed by atoms with Crippen LogP contribution in [0.15, 0.2) is 24.4 Å². The Morgan fingerprint density at radius 2 is 2.00 bits per heavy atom. The fraction of sp³-hybridized carbons (Fsp3) is 0.308. The zero-order chi connectivity index (χ0) is 11.0. The monoisotopic (exact) mass is 214 g/mol. The molecule has 0 aliphatic carbocycles. The molecule has 0 bridgehead atoms. The Morgan fingerprint density at radius 3 is 2.75 bits per heavy atom. The zero-order valence-electron chi connectivity index (χ0n) is 9.07. The largest absolute Gasteiger partial charge is 0.370 e. The summed E-state index contributed by atoms with van der Waals surface area (Å²) in [6.45, 7) is 2.12. The van der Waals surface area contributed by atoms with Crippen LogP contribution in [0, 0.1) is 0 Å². The molecule has 1 saturated heterocycles. The molecule has 1 fully saturated rings. The van der Waals surface area contributed by atoms with Gasteiger partial charge in [0.15, 0.2) is 6.29 Å². The highest BCUT2D eigenvalue weighted by atomic mass is 16.1. The van der Waals surface area contributed by atoms with E-state index in [2.05, 4.69) is 16.0 Å². The summed E-state index contributed by atoms with van der Waals surface area (Å²) < 4.78 is 0. The standard InChI is InChI=1S/C13H14N2O/c16-9-10-3-4-12-11(5-6-14-12)13(10)15-7-1-2-8-15/h3-6,9,14H,1-2,7-8H2. The van der Waals surface area contributed by atoms with Crippen molar-refractivity contribution in [3.8, 4) is 0 Å². The minimum absolute atomic E-state index is 0.800. The molecule has 0 radical (unpaired) electrons. The van der Waals surface area contributed by atoms with E-state index in [-0.39, 0.29) is 0 Å². The summed E-state index contributed by atoms with van der Waals surface area (Å²) in [5, 5.41) is 1.16. The highest BCUT2D eigenvalue weighted by molar-refractivity contribution is 6.01. The van der Waals surface area contributed by atoms with Crippen LogP contribution in [0.5, 0.6) is 0 Å². The molecule has 3 nitrogen and oxygen atoms in total. The highest BCUT2D eigenvalue weighted by Crippen LogP contribution is 2.31. The van der Waals surface area contributed by atoms with Gasteiger partial charge in [-0.2, -0.15) is 0 Å². The molecule has 16 heavy (non-hydrogen) atoms. The Bertz CT molecular complexity index is 524. The highest BCUT2D eigenvalue weighted by Gasteiger charge is 2.18. The number of aromatic amines is 1. The van der Waals surface area contributed by atoms with Gasteiger partial charge in [0.1, 0.15) is 0 Å². The van der Waals surface area contributed by atoms with E-state index in [4.69, 9.17) is 0 Å². The SMILES string of the molecule is O=Cc1ccc2[nH]ccc2c1N1CCCC1. The van der Waals surface area contributed by atoms with Crippen LogP contribution in [-0.4, -0.2) is 24.4 Å². The van der Waals surface area contributed by atoms with Crippen LogP contribution in [0.25, 0.3) is 10.9 Å². The lowest BCUT2D eigenvalue weighted by atomic mass is 10.1. The average molecular weight is 214 g/mol. The number of carbonyl (C=O) groups excluding carboxylic acids is 1. The summed E-state index contributed by atoms with van der Waals surface area (Å²) in [5.74, 6) is 0. The third-order valence-corrected chi connectivity index (χ3v) is 3.29. The molecule has 0 amide bonds. The van der Waals surface area contributed by atoms with E-state index in [1.165, 1.54) is 12.8 Å². The molecular weight excluding hydrogens is 200 g/mol. The average Bonchev–Trinajstić information content (AvgIpc) is 2.98. The summed E-state index contributed by atoms with van der Waals surface area (Å²) in [4.78, 5) is 16.6. The number of nitrogens with zero attached hydrogens (tertiary/aromatic N) is 1. The van der Waals surface area contributed by atoms with Crippen molar-refractivity contribution >= 4 is 22.9 Å². The molecule has 2 aromatic rings. The minimum atomic E-state index is 0.800. The van der Waals surface area contributed by atoms with Crippen molar-refractivity contribution in [1.82, 2.24) is 4.98 Å². The predicted molar refractivity (Wildman–Crippen MR) is 65.1 cm³/mol. The van der Waals surface area contributed by atoms with Gasteiger partial charge < -0.3 is 9.88 Å². The summed E-state index contributed by atoms with van der Waals surface area (Å²) >= 11 is 0. The van der Waals surface area contributed by atoms with Crippen LogP contribution < -0.4 is 4.90 Å². The molecule has 82 valence electrons. The second-order valence-corrected chi connectivity index (χ2v) is 4.25. The smallest absolute Gasteiger partial charge is 0.152 e. The second-order valence-electron chi connectivity index (χ2n) is 4.25. The molecule has 1 aliphatic rings. The van der Waals surface area contributed by atoms with Gasteiger partial charge in [0.2, 0.25) is 0 Å². The molecule has 1 N–H and O–H groups in total. The van der Waals surface area contributed by atoms with Gasteiger partial charge >= 0.3 is 0 Å². The number of aromatic nitrogens is 1. The maximum absolute atomic E-state index is 11.1. The van der Waals surface area contributed by atoms with Crippen LogP contribution in [0.4, 0.5) is 5.69 Å². The van der Waals surface area contributed by atoms with Crippen LogP contribution >= 0.6 is 0 Å². The summed E-state index contributed by atoms with van der Waals surface area (Å²) in [7, 11) is 0. The van der Waals surface area contributed by atoms with Crippen molar-refractivity contribution in [2.45, 2.75) is 12.8 Å². The number of hydrogen-bond donors (Lipinski definition) is 1. The molecule has 0 atom stereocenters. The van der Waals surface area contributed by atoms with Crippen molar-refractivity contribution in [3.05, 3.63) is 30.0 Å². The number of anilines is 1. The van der Waals surface area contributed by atoms with Gasteiger partial charge in [-0.25, -0.2) is 0 Å². The number of nitrogens with one attached hydrogen (secondary N) is 1. The molecular formula is C13H14N2O. The molecule has 1 aliphatic heterocycles. The first kappa shape index (κ1) is 9.46. The number of H-pyrrole nitrogens is 1. The lowest BCUT2D eigenvalue weighted by Crippen LogP contribution is -2.19. The molecule has 1 aromatic heterocycles. The number of fused-ring (bicyclic) bond motifs is 1. The minimum Gasteiger partial charge on any atom is -0.370 e. The molecule has 3 rings (SSSR count). The maximum atomic E-state index is 11.1. The van der Waals surface area contributed by atoms with Gasteiger partial charge in [0.25, 0.3) is 0 Å². The van der Waals surface area contributed by atoms with Gasteiger partial charge in [-0.3, -0.25) is 4.79 Å². The van der Waals surface area contributed by atoms with Gasteiger partial charge in [0.05, 0.1) is 5.69 Å². The molecule has 0 spiro atoms. The summed E-state index contributed by atoms with van der Waals surface area (Å²) in [5.41, 5.74) is 3.01. The number of benzene rings is 1. The Morgan fingerprint density at radius 1 is 1.19 bits per heavy atom. The number of rotatable bonds is 2. The summed E-state index contributed by atoms with van der Waals surface area (Å²) in [6, 6.07) is 5.92. The third-order valence-electron chi connectivity index (χ3n) is 3.29. The van der Waals surface area contributed by atoms with E-state index in [1.807, 2.05) is 18.3 Å². The Labute approximate surface area is 94.1 Å². The van der Waals surface area contributed by atoms with E-state index in [1.54, 1.807) is 0 Å². The number of aldehydes is 1. The van der Waals surface area contributed by atoms with E-state index in [9.17, 15) is 4.79 Å². The van der Waals surface area contributed by atoms with Gasteiger partial charge in [0, 0.05) is 35.8 Å². The topological polar surface area (TPSA) is 36.1 Å². The molecule has 0 unspecified atom stereocenters. The molecule has 1 aromatic carbocycles. The zero-order valence-corrected chi connectivity index (χ0v) is 9.07. The number of carbonyl (C=O) groups is 1. The van der Waals surface area contributed by atoms with E-state index in [0.717, 1.165) is 41.5 Å². The predicted octanol–water partition coefficient (Wildman–Crippen LogP) is 2.58. The van der Waals surface area contributed by atoms with Crippen molar-refractivity contribution in [2.24, 2.45) is 0 Å². The van der Waals surface area contributed by atoms with Crippen molar-refractivity contribution in [1.29, 1.82) is 0 Å². The van der Waals surface area contributed by atoms with Gasteiger partial charge in [-0.15, -0.1) is 0 Å². The Kier molecular flexibility index (Phi) is 2.17. The van der Waals surface area contributed by atoms with Crippen molar-refractivity contribution in [2.75, 3.05) is 18.0 Å². The molecule has 3 heteroatoms. The quantitative estimate of drug-likeness (QED) is 0.780. The van der Waals surface area contributed by atoms with Crippen molar-refractivity contribution < 1.29 is 4.79 Å². The first-order valence-corrected chi connectivity index (χ1v) is 5.70. The maximum Gasteiger partial charge on any atom is 0.152 e. The lowest BCUT2D eigenvalue weighted by molar-refractivity contribution is 0.112. The van der Waals surface area contributed by atoms with E-state index in [0.29, 0.717) is 0 Å². The van der Waals surface area contributed by atoms with Crippen LogP contribution in [-0.2, 0) is 0 Å². The first-order chi connectivity index (χ1) is 7.90. The molecule has 0 saturated carbocycles. The third kappa shape index (κ3) is 1.32.